The van der Waals surface area contributed by atoms with Crippen LogP contribution in [0.15, 0.2) is 24.3 Å². The Morgan fingerprint density at radius 2 is 2.00 bits per heavy atom. The second kappa shape index (κ2) is 2.77. The molecule has 2 rings (SSSR count). The Bertz CT molecular complexity index is 359. The molecule has 1 aromatic rings. The van der Waals surface area contributed by atoms with Crippen LogP contribution in [0.2, 0.25) is 0 Å². The van der Waals surface area contributed by atoms with Crippen LogP contribution in [0.25, 0.3) is 0 Å². The van der Waals surface area contributed by atoms with E-state index in [9.17, 15) is 0 Å². The molecule has 1 fully saturated rings. The molecule has 0 radical (unpaired) electrons. The van der Waals surface area contributed by atoms with Gasteiger partial charge in [-0.05, 0) is 30.9 Å². The number of anilines is 1. The molecule has 0 unspecified atom stereocenters. The van der Waals surface area contributed by atoms with Gasteiger partial charge in [-0.25, -0.2) is 0 Å². The summed E-state index contributed by atoms with van der Waals surface area (Å²) in [5.74, 6) is 0. The van der Waals surface area contributed by atoms with Crippen molar-refractivity contribution in [3.63, 3.8) is 0 Å². The third-order valence-corrected chi connectivity index (χ3v) is 2.90. The molecule has 13 heavy (non-hydrogen) atoms. The quantitative estimate of drug-likeness (QED) is 0.660. The molecule has 0 atom stereocenters. The first-order chi connectivity index (χ1) is 6.28. The third kappa shape index (κ3) is 1.08. The van der Waals surface area contributed by atoms with Crippen molar-refractivity contribution in [1.29, 1.82) is 5.26 Å². The number of benzene rings is 1. The minimum Gasteiger partial charge on any atom is -0.398 e. The molecule has 0 heterocycles. The number of nitrogens with zero attached hydrogens (tertiary/aromatic N) is 1. The minimum absolute atomic E-state index is 0.272. The van der Waals surface area contributed by atoms with Gasteiger partial charge < -0.3 is 5.73 Å². The fourth-order valence-corrected chi connectivity index (χ4v) is 1.90. The molecule has 0 bridgehead atoms. The fraction of sp³-hybridized carbons (Fsp3) is 0.364. The molecule has 0 aromatic heterocycles. The molecule has 1 aliphatic carbocycles. The van der Waals surface area contributed by atoms with E-state index in [1.165, 1.54) is 0 Å². The second-order valence-corrected chi connectivity index (χ2v) is 3.63. The molecular formula is C11H12N2. The molecule has 1 saturated carbocycles. The zero-order valence-electron chi connectivity index (χ0n) is 7.46. The standard InChI is InChI=1S/C11H12N2/c12-8-11(6-3-7-11)9-4-1-2-5-10(9)13/h1-2,4-5H,3,6-7,13H2. The zero-order valence-corrected chi connectivity index (χ0v) is 7.46. The summed E-state index contributed by atoms with van der Waals surface area (Å²) in [6.07, 6.45) is 3.05. The summed E-state index contributed by atoms with van der Waals surface area (Å²) in [6, 6.07) is 10.1. The van der Waals surface area contributed by atoms with Gasteiger partial charge in [0, 0.05) is 5.69 Å². The molecule has 0 saturated heterocycles. The highest BCUT2D eigenvalue weighted by Crippen LogP contribution is 2.44. The van der Waals surface area contributed by atoms with Crippen molar-refractivity contribution < 1.29 is 0 Å². The Morgan fingerprint density at radius 3 is 2.46 bits per heavy atom. The summed E-state index contributed by atoms with van der Waals surface area (Å²) in [5, 5.41) is 9.11. The van der Waals surface area contributed by atoms with Crippen LogP contribution >= 0.6 is 0 Å². The number of rotatable bonds is 1. The van der Waals surface area contributed by atoms with E-state index in [-0.39, 0.29) is 5.41 Å². The van der Waals surface area contributed by atoms with Crippen molar-refractivity contribution in [3.05, 3.63) is 29.8 Å². The van der Waals surface area contributed by atoms with Gasteiger partial charge in [0.2, 0.25) is 0 Å². The van der Waals surface area contributed by atoms with Gasteiger partial charge in [0.05, 0.1) is 11.5 Å². The van der Waals surface area contributed by atoms with Crippen LogP contribution in [0.3, 0.4) is 0 Å². The largest absolute Gasteiger partial charge is 0.398 e. The lowest BCUT2D eigenvalue weighted by molar-refractivity contribution is 0.325. The first-order valence-electron chi connectivity index (χ1n) is 4.55. The zero-order chi connectivity index (χ0) is 9.31. The molecule has 1 aliphatic rings. The van der Waals surface area contributed by atoms with Gasteiger partial charge in [-0.2, -0.15) is 5.26 Å². The summed E-state index contributed by atoms with van der Waals surface area (Å²) < 4.78 is 0. The second-order valence-electron chi connectivity index (χ2n) is 3.63. The highest BCUT2D eigenvalue weighted by atomic mass is 14.6. The van der Waals surface area contributed by atoms with E-state index in [0.29, 0.717) is 0 Å². The minimum atomic E-state index is -0.272. The number of para-hydroxylation sites is 1. The lowest BCUT2D eigenvalue weighted by Crippen LogP contribution is -2.33. The SMILES string of the molecule is N#CC1(c2ccccc2N)CCC1. The summed E-state index contributed by atoms with van der Waals surface area (Å²) in [6.45, 7) is 0. The smallest absolute Gasteiger partial charge is 0.0842 e. The number of nitrogens with two attached hydrogens (primary N) is 1. The van der Waals surface area contributed by atoms with Gasteiger partial charge in [-0.3, -0.25) is 0 Å². The van der Waals surface area contributed by atoms with Crippen LogP contribution in [0.1, 0.15) is 24.8 Å². The van der Waals surface area contributed by atoms with E-state index in [4.69, 9.17) is 11.0 Å². The van der Waals surface area contributed by atoms with Gasteiger partial charge in [0.25, 0.3) is 0 Å². The lowest BCUT2D eigenvalue weighted by atomic mass is 9.65. The van der Waals surface area contributed by atoms with Crippen LogP contribution in [-0.2, 0) is 5.41 Å². The van der Waals surface area contributed by atoms with E-state index < -0.39 is 0 Å². The summed E-state index contributed by atoms with van der Waals surface area (Å²) in [5.41, 5.74) is 7.34. The predicted octanol–water partition coefficient (Wildman–Crippen LogP) is 2.21. The van der Waals surface area contributed by atoms with E-state index in [1.807, 2.05) is 24.3 Å². The highest BCUT2D eigenvalue weighted by Gasteiger charge is 2.39. The number of hydrogen-bond donors (Lipinski definition) is 1. The van der Waals surface area contributed by atoms with Gasteiger partial charge in [-0.1, -0.05) is 18.2 Å². The summed E-state index contributed by atoms with van der Waals surface area (Å²) in [4.78, 5) is 0. The van der Waals surface area contributed by atoms with Gasteiger partial charge >= 0.3 is 0 Å². The topological polar surface area (TPSA) is 49.8 Å². The molecule has 0 spiro atoms. The van der Waals surface area contributed by atoms with Crippen molar-refractivity contribution in [2.75, 3.05) is 5.73 Å². The van der Waals surface area contributed by atoms with E-state index in [0.717, 1.165) is 30.5 Å². The molecule has 0 amide bonds. The highest BCUT2D eigenvalue weighted by molar-refractivity contribution is 5.54. The van der Waals surface area contributed by atoms with Crippen LogP contribution in [0.5, 0.6) is 0 Å². The van der Waals surface area contributed by atoms with Crippen molar-refractivity contribution in [2.45, 2.75) is 24.7 Å². The molecule has 2 N–H and O–H groups in total. The Kier molecular flexibility index (Phi) is 1.73. The monoisotopic (exact) mass is 172 g/mol. The van der Waals surface area contributed by atoms with Gasteiger partial charge in [0.1, 0.15) is 0 Å². The number of hydrogen-bond acceptors (Lipinski definition) is 2. The first kappa shape index (κ1) is 8.12. The van der Waals surface area contributed by atoms with Crippen LogP contribution in [-0.4, -0.2) is 0 Å². The van der Waals surface area contributed by atoms with Crippen molar-refractivity contribution in [1.82, 2.24) is 0 Å². The van der Waals surface area contributed by atoms with Gasteiger partial charge in [-0.15, -0.1) is 0 Å². The summed E-state index contributed by atoms with van der Waals surface area (Å²) >= 11 is 0. The number of nitriles is 1. The maximum absolute atomic E-state index is 9.11. The Morgan fingerprint density at radius 1 is 1.31 bits per heavy atom. The normalized spacial score (nSPS) is 18.7. The average Bonchev–Trinajstić information content (AvgIpc) is 2.07. The van der Waals surface area contributed by atoms with Crippen LogP contribution in [0, 0.1) is 11.3 Å². The van der Waals surface area contributed by atoms with Crippen molar-refractivity contribution >= 4 is 5.69 Å². The Labute approximate surface area is 78.0 Å². The fourth-order valence-electron chi connectivity index (χ4n) is 1.90. The van der Waals surface area contributed by atoms with Crippen LogP contribution in [0.4, 0.5) is 5.69 Å². The predicted molar refractivity (Wildman–Crippen MR) is 52.0 cm³/mol. The van der Waals surface area contributed by atoms with E-state index in [1.54, 1.807) is 0 Å². The van der Waals surface area contributed by atoms with Gasteiger partial charge in [0.15, 0.2) is 0 Å². The van der Waals surface area contributed by atoms with E-state index in [2.05, 4.69) is 6.07 Å². The average molecular weight is 172 g/mol. The molecule has 0 aliphatic heterocycles. The molecular weight excluding hydrogens is 160 g/mol. The third-order valence-electron chi connectivity index (χ3n) is 2.90. The van der Waals surface area contributed by atoms with E-state index >= 15 is 0 Å². The van der Waals surface area contributed by atoms with Crippen molar-refractivity contribution in [3.8, 4) is 6.07 Å². The maximum Gasteiger partial charge on any atom is 0.0842 e. The van der Waals surface area contributed by atoms with Crippen LogP contribution < -0.4 is 5.73 Å². The molecule has 1 aromatic carbocycles. The lowest BCUT2D eigenvalue weighted by Gasteiger charge is -2.36. The van der Waals surface area contributed by atoms with Crippen molar-refractivity contribution in [2.24, 2.45) is 0 Å². The number of nitrogen functional groups attached to an aromatic ring is 1. The molecule has 66 valence electrons. The summed E-state index contributed by atoms with van der Waals surface area (Å²) in [7, 11) is 0. The first-order valence-corrected chi connectivity index (χ1v) is 4.55. The maximum atomic E-state index is 9.11. The molecule has 2 heteroatoms. The Hall–Kier alpha value is -1.49. The Balaban J connectivity index is 2.46. The molecule has 2 nitrogen and oxygen atoms in total.